The lowest BCUT2D eigenvalue weighted by atomic mass is 10.3. The second kappa shape index (κ2) is 11.5. The van der Waals surface area contributed by atoms with Crippen LogP contribution < -0.4 is 9.62 Å². The number of halogens is 1. The van der Waals surface area contributed by atoms with Gasteiger partial charge >= 0.3 is 0 Å². The maximum Gasteiger partial charge on any atom is 0.264 e. The number of nitrogens with zero attached hydrogens (tertiary/aromatic N) is 2. The Labute approximate surface area is 220 Å². The Morgan fingerprint density at radius 3 is 1.86 bits per heavy atom. The van der Waals surface area contributed by atoms with Gasteiger partial charge in [-0.05, 0) is 83.3 Å². The minimum Gasteiger partial charge on any atom is -0.325 e. The van der Waals surface area contributed by atoms with Gasteiger partial charge in [0.25, 0.3) is 10.0 Å². The monoisotopic (exact) mass is 627 g/mol. The van der Waals surface area contributed by atoms with E-state index in [0.717, 1.165) is 7.88 Å². The smallest absolute Gasteiger partial charge is 0.264 e. The largest absolute Gasteiger partial charge is 0.325 e. The quantitative estimate of drug-likeness (QED) is 0.341. The lowest BCUT2D eigenvalue weighted by Crippen LogP contribution is -2.38. The first kappa shape index (κ1) is 27.1. The molecule has 0 aliphatic heterocycles. The molecule has 1 amide bonds. The molecule has 0 atom stereocenters. The molecule has 1 N–H and O–H groups in total. The van der Waals surface area contributed by atoms with Crippen molar-refractivity contribution in [3.8, 4) is 0 Å². The number of hydrogen-bond donors (Lipinski definition) is 1. The predicted molar refractivity (Wildman–Crippen MR) is 145 cm³/mol. The number of carbonyl (C=O) groups is 1. The molecule has 186 valence electrons. The second-order valence-electron chi connectivity index (χ2n) is 7.46. The normalized spacial score (nSPS) is 11.9. The molecule has 0 aliphatic rings. The fourth-order valence-corrected chi connectivity index (χ4v) is 6.66. The molecule has 0 bridgehead atoms. The molecule has 0 heterocycles. The van der Waals surface area contributed by atoms with Crippen LogP contribution in [0.2, 0.25) is 0 Å². The molecule has 0 fully saturated rings. The fraction of sp³-hybridized carbons (Fsp3) is 0.208. The summed E-state index contributed by atoms with van der Waals surface area (Å²) in [5.74, 6) is -0.567. The molecular weight excluding hydrogens is 601 g/mol. The third-order valence-corrected chi connectivity index (χ3v) is 9.79. The molecule has 0 radical (unpaired) electrons. The Morgan fingerprint density at radius 1 is 0.771 bits per heavy atom. The summed E-state index contributed by atoms with van der Waals surface area (Å²) in [4.78, 5) is 13.1. The summed E-state index contributed by atoms with van der Waals surface area (Å²) in [6, 6.07) is 20.5. The van der Waals surface area contributed by atoms with Crippen LogP contribution in [0.3, 0.4) is 0 Å². The predicted octanol–water partition coefficient (Wildman–Crippen LogP) is 4.16. The zero-order valence-corrected chi connectivity index (χ0v) is 23.0. The van der Waals surface area contributed by atoms with Crippen LogP contribution in [-0.2, 0) is 24.8 Å². The maximum atomic E-state index is 13.4. The molecule has 0 saturated carbocycles. The standard InChI is InChI=1S/C24H26IN3O5S2/c1-3-27(4-2)34(30,31)23-16-12-20(13-17-23)26-24(29)18-28(21-14-10-19(25)11-15-21)35(32,33)22-8-6-5-7-9-22/h5-17H,3-4,18H2,1-2H3,(H,26,29). The summed E-state index contributed by atoms with van der Waals surface area (Å²) in [6.07, 6.45) is 0. The van der Waals surface area contributed by atoms with E-state index in [1.54, 1.807) is 56.3 Å². The van der Waals surface area contributed by atoms with E-state index in [9.17, 15) is 21.6 Å². The number of anilines is 2. The van der Waals surface area contributed by atoms with Gasteiger partial charge in [-0.25, -0.2) is 16.8 Å². The van der Waals surface area contributed by atoms with Gasteiger partial charge in [0.1, 0.15) is 6.54 Å². The third kappa shape index (κ3) is 6.40. The second-order valence-corrected chi connectivity index (χ2v) is 12.5. The molecule has 0 spiro atoms. The van der Waals surface area contributed by atoms with Gasteiger partial charge in [0.15, 0.2) is 0 Å². The highest BCUT2D eigenvalue weighted by molar-refractivity contribution is 14.1. The highest BCUT2D eigenvalue weighted by atomic mass is 127. The Balaban J connectivity index is 1.84. The fourth-order valence-electron chi connectivity index (χ4n) is 3.40. The zero-order valence-electron chi connectivity index (χ0n) is 19.3. The Kier molecular flexibility index (Phi) is 8.91. The molecule has 11 heteroatoms. The van der Waals surface area contributed by atoms with Crippen molar-refractivity contribution in [3.63, 3.8) is 0 Å². The third-order valence-electron chi connectivity index (χ3n) is 5.21. The zero-order chi connectivity index (χ0) is 25.6. The van der Waals surface area contributed by atoms with E-state index in [1.807, 2.05) is 0 Å². The van der Waals surface area contributed by atoms with Crippen molar-refractivity contribution in [1.82, 2.24) is 4.31 Å². The summed E-state index contributed by atoms with van der Waals surface area (Å²) in [6.45, 7) is 3.76. The van der Waals surface area contributed by atoms with E-state index in [-0.39, 0.29) is 9.79 Å². The molecule has 3 rings (SSSR count). The number of hydrogen-bond acceptors (Lipinski definition) is 5. The molecule has 8 nitrogen and oxygen atoms in total. The van der Waals surface area contributed by atoms with Crippen molar-refractivity contribution < 1.29 is 21.6 Å². The molecule has 35 heavy (non-hydrogen) atoms. The Bertz CT molecular complexity index is 1360. The Morgan fingerprint density at radius 2 is 1.31 bits per heavy atom. The van der Waals surface area contributed by atoms with Crippen molar-refractivity contribution in [1.29, 1.82) is 0 Å². The van der Waals surface area contributed by atoms with Crippen molar-refractivity contribution >= 4 is 59.9 Å². The number of nitrogens with one attached hydrogen (secondary N) is 1. The first-order valence-electron chi connectivity index (χ1n) is 10.8. The minimum absolute atomic E-state index is 0.0670. The number of benzene rings is 3. The molecule has 0 aromatic heterocycles. The van der Waals surface area contributed by atoms with Gasteiger partial charge in [-0.15, -0.1) is 0 Å². The van der Waals surface area contributed by atoms with Gasteiger partial charge in [-0.3, -0.25) is 9.10 Å². The van der Waals surface area contributed by atoms with Gasteiger partial charge in [-0.2, -0.15) is 4.31 Å². The van der Waals surface area contributed by atoms with Gasteiger partial charge in [-0.1, -0.05) is 32.0 Å². The van der Waals surface area contributed by atoms with Gasteiger partial charge in [0, 0.05) is 22.3 Å². The number of carbonyl (C=O) groups excluding carboxylic acids is 1. The van der Waals surface area contributed by atoms with Crippen molar-refractivity contribution in [2.45, 2.75) is 23.6 Å². The highest BCUT2D eigenvalue weighted by Crippen LogP contribution is 2.25. The molecular formula is C24H26IN3O5S2. The summed E-state index contributed by atoms with van der Waals surface area (Å²) < 4.78 is 55.3. The topological polar surface area (TPSA) is 104 Å². The SMILES string of the molecule is CCN(CC)S(=O)(=O)c1ccc(NC(=O)CN(c2ccc(I)cc2)S(=O)(=O)c2ccccc2)cc1. The first-order valence-corrected chi connectivity index (χ1v) is 14.8. The van der Waals surface area contributed by atoms with Crippen LogP contribution in [0.5, 0.6) is 0 Å². The van der Waals surface area contributed by atoms with Crippen molar-refractivity contribution in [2.24, 2.45) is 0 Å². The average Bonchev–Trinajstić information content (AvgIpc) is 2.84. The van der Waals surface area contributed by atoms with Crippen LogP contribution in [0.15, 0.2) is 88.7 Å². The number of amides is 1. The summed E-state index contributed by atoms with van der Waals surface area (Å²) in [7, 11) is -7.63. The van der Waals surface area contributed by atoms with Gasteiger partial charge < -0.3 is 5.32 Å². The highest BCUT2D eigenvalue weighted by Gasteiger charge is 2.27. The maximum absolute atomic E-state index is 13.4. The lowest BCUT2D eigenvalue weighted by Gasteiger charge is -2.24. The van der Waals surface area contributed by atoms with Crippen LogP contribution >= 0.6 is 22.6 Å². The van der Waals surface area contributed by atoms with E-state index in [1.165, 1.54) is 40.7 Å². The van der Waals surface area contributed by atoms with Crippen LogP contribution in [0.1, 0.15) is 13.8 Å². The minimum atomic E-state index is -4.01. The van der Waals surface area contributed by atoms with Crippen LogP contribution in [0, 0.1) is 3.57 Å². The summed E-state index contributed by atoms with van der Waals surface area (Å²) in [5, 5.41) is 2.66. The molecule has 0 aliphatic carbocycles. The van der Waals surface area contributed by atoms with E-state index < -0.39 is 32.5 Å². The summed E-state index contributed by atoms with van der Waals surface area (Å²) >= 11 is 2.12. The van der Waals surface area contributed by atoms with E-state index in [2.05, 4.69) is 27.9 Å². The number of sulfonamides is 2. The number of rotatable bonds is 10. The van der Waals surface area contributed by atoms with Crippen LogP contribution in [-0.4, -0.2) is 46.7 Å². The average molecular weight is 628 g/mol. The molecule has 3 aromatic rings. The van der Waals surface area contributed by atoms with Crippen LogP contribution in [0.25, 0.3) is 0 Å². The summed E-state index contributed by atoms with van der Waals surface area (Å²) in [5.41, 5.74) is 0.707. The van der Waals surface area contributed by atoms with E-state index in [4.69, 9.17) is 0 Å². The Hall–Kier alpha value is -2.48. The molecule has 0 unspecified atom stereocenters. The van der Waals surface area contributed by atoms with Gasteiger partial charge in [0.05, 0.1) is 15.5 Å². The van der Waals surface area contributed by atoms with E-state index >= 15 is 0 Å². The lowest BCUT2D eigenvalue weighted by molar-refractivity contribution is -0.114. The molecule has 0 saturated heterocycles. The van der Waals surface area contributed by atoms with Crippen molar-refractivity contribution in [2.75, 3.05) is 29.3 Å². The molecule has 3 aromatic carbocycles. The van der Waals surface area contributed by atoms with E-state index in [0.29, 0.717) is 24.5 Å². The van der Waals surface area contributed by atoms with Crippen LogP contribution in [0.4, 0.5) is 11.4 Å². The first-order chi connectivity index (χ1) is 16.6. The van der Waals surface area contributed by atoms with Gasteiger partial charge in [0.2, 0.25) is 15.9 Å². The van der Waals surface area contributed by atoms with Crippen molar-refractivity contribution in [3.05, 3.63) is 82.4 Å².